The number of fused-ring (bicyclic) bond motifs is 1. The van der Waals surface area contributed by atoms with E-state index >= 15 is 0 Å². The molecule has 0 radical (unpaired) electrons. The molecule has 0 aliphatic heterocycles. The fourth-order valence-corrected chi connectivity index (χ4v) is 2.43. The lowest BCUT2D eigenvalue weighted by atomic mass is 10.3. The quantitative estimate of drug-likeness (QED) is 0.547. The minimum atomic E-state index is -0.434. The number of carbonyl (C=O) groups excluding carboxylic acids is 1. The summed E-state index contributed by atoms with van der Waals surface area (Å²) in [5, 5.41) is 4.65. The van der Waals surface area contributed by atoms with E-state index in [0.717, 1.165) is 11.0 Å². The van der Waals surface area contributed by atoms with Crippen LogP contribution in [0, 0.1) is 0 Å². The molecule has 3 aromatic rings. The molecule has 25 heavy (non-hydrogen) atoms. The predicted molar refractivity (Wildman–Crippen MR) is 97.2 cm³/mol. The molecule has 3 rings (SSSR count). The van der Waals surface area contributed by atoms with Crippen molar-refractivity contribution in [2.45, 2.75) is 0 Å². The van der Waals surface area contributed by atoms with E-state index in [1.807, 2.05) is 24.3 Å². The Kier molecular flexibility index (Phi) is 5.42. The zero-order chi connectivity index (χ0) is 17.6. The lowest BCUT2D eigenvalue weighted by molar-refractivity contribution is -0.123. The van der Waals surface area contributed by atoms with Crippen molar-refractivity contribution in [1.82, 2.24) is 15.4 Å². The molecule has 1 aromatic heterocycles. The third kappa shape index (κ3) is 4.65. The maximum Gasteiger partial charge on any atom is 0.277 e. The molecule has 0 atom stereocenters. The minimum Gasteiger partial charge on any atom is -0.482 e. The highest BCUT2D eigenvalue weighted by Gasteiger charge is 2.06. The van der Waals surface area contributed by atoms with E-state index in [2.05, 4.69) is 20.5 Å². The van der Waals surface area contributed by atoms with Gasteiger partial charge in [-0.05, 0) is 30.3 Å². The van der Waals surface area contributed by atoms with Crippen molar-refractivity contribution in [3.63, 3.8) is 0 Å². The number of aromatic nitrogens is 2. The molecule has 0 fully saturated rings. The Balaban J connectivity index is 1.54. The van der Waals surface area contributed by atoms with Gasteiger partial charge in [-0.3, -0.25) is 9.78 Å². The molecule has 1 N–H and O–H groups in total. The van der Waals surface area contributed by atoms with Crippen LogP contribution in [0.2, 0.25) is 10.0 Å². The third-order valence-electron chi connectivity index (χ3n) is 3.11. The van der Waals surface area contributed by atoms with Crippen LogP contribution in [0.5, 0.6) is 5.75 Å². The summed E-state index contributed by atoms with van der Waals surface area (Å²) >= 11 is 11.8. The second-order valence-corrected chi connectivity index (χ2v) is 5.78. The number of carbonyl (C=O) groups is 1. The molecular formula is C17H12Cl2N4O2. The number of amides is 1. The van der Waals surface area contributed by atoms with Crippen LogP contribution in [0.1, 0.15) is 5.69 Å². The lowest BCUT2D eigenvalue weighted by Gasteiger charge is -2.06. The predicted octanol–water partition coefficient (Wildman–Crippen LogP) is 3.47. The van der Waals surface area contributed by atoms with E-state index in [1.54, 1.807) is 18.3 Å². The van der Waals surface area contributed by atoms with Crippen LogP contribution in [0.3, 0.4) is 0 Å². The molecule has 0 aliphatic rings. The Morgan fingerprint density at radius 3 is 2.80 bits per heavy atom. The average Bonchev–Trinajstić information content (AvgIpc) is 2.61. The molecule has 1 heterocycles. The number of para-hydroxylation sites is 2. The van der Waals surface area contributed by atoms with Gasteiger partial charge in [0, 0.05) is 5.02 Å². The molecule has 1 amide bonds. The second kappa shape index (κ2) is 7.92. The number of hydrogen-bond acceptors (Lipinski definition) is 5. The van der Waals surface area contributed by atoms with E-state index in [0.29, 0.717) is 21.5 Å². The summed E-state index contributed by atoms with van der Waals surface area (Å²) in [5.41, 5.74) is 4.41. The monoisotopic (exact) mass is 374 g/mol. The summed E-state index contributed by atoms with van der Waals surface area (Å²) < 4.78 is 5.31. The highest BCUT2D eigenvalue weighted by atomic mass is 35.5. The van der Waals surface area contributed by atoms with E-state index in [9.17, 15) is 4.79 Å². The number of halogens is 2. The maximum atomic E-state index is 11.7. The van der Waals surface area contributed by atoms with E-state index in [-0.39, 0.29) is 6.61 Å². The van der Waals surface area contributed by atoms with Crippen molar-refractivity contribution in [3.05, 3.63) is 64.4 Å². The molecular weight excluding hydrogens is 363 g/mol. The van der Waals surface area contributed by atoms with Crippen LogP contribution >= 0.6 is 23.2 Å². The van der Waals surface area contributed by atoms with Crippen molar-refractivity contribution < 1.29 is 9.53 Å². The van der Waals surface area contributed by atoms with E-state index < -0.39 is 5.91 Å². The fraction of sp³-hybridized carbons (Fsp3) is 0.0588. The van der Waals surface area contributed by atoms with Gasteiger partial charge in [-0.25, -0.2) is 10.4 Å². The van der Waals surface area contributed by atoms with Crippen LogP contribution in [-0.4, -0.2) is 28.7 Å². The Hall–Kier alpha value is -2.70. The van der Waals surface area contributed by atoms with Crippen molar-refractivity contribution in [2.24, 2.45) is 5.10 Å². The van der Waals surface area contributed by atoms with Gasteiger partial charge in [-0.15, -0.1) is 0 Å². The molecule has 8 heteroatoms. The molecule has 0 unspecified atom stereocenters. The number of hydrazone groups is 1. The first-order valence-electron chi connectivity index (χ1n) is 7.23. The summed E-state index contributed by atoms with van der Waals surface area (Å²) in [6.07, 6.45) is 2.98. The number of nitrogens with zero attached hydrogens (tertiary/aromatic N) is 3. The van der Waals surface area contributed by atoms with Crippen molar-refractivity contribution >= 4 is 46.4 Å². The first-order chi connectivity index (χ1) is 12.1. The number of hydrogen-bond donors (Lipinski definition) is 1. The van der Waals surface area contributed by atoms with E-state index in [4.69, 9.17) is 27.9 Å². The average molecular weight is 375 g/mol. The number of benzene rings is 2. The van der Waals surface area contributed by atoms with Crippen molar-refractivity contribution in [3.8, 4) is 5.75 Å². The number of ether oxygens (including phenoxy) is 1. The minimum absolute atomic E-state index is 0.234. The molecule has 6 nitrogen and oxygen atoms in total. The van der Waals surface area contributed by atoms with Gasteiger partial charge in [0.1, 0.15) is 11.4 Å². The Bertz CT molecular complexity index is 947. The van der Waals surface area contributed by atoms with Crippen LogP contribution in [0.25, 0.3) is 11.0 Å². The van der Waals surface area contributed by atoms with Gasteiger partial charge in [0.15, 0.2) is 6.61 Å². The van der Waals surface area contributed by atoms with E-state index in [1.165, 1.54) is 12.3 Å². The fourth-order valence-electron chi connectivity index (χ4n) is 1.97. The first-order valence-corrected chi connectivity index (χ1v) is 7.99. The van der Waals surface area contributed by atoms with Crippen LogP contribution in [0.4, 0.5) is 0 Å². The summed E-state index contributed by atoms with van der Waals surface area (Å²) in [7, 11) is 0. The Morgan fingerprint density at radius 1 is 1.20 bits per heavy atom. The van der Waals surface area contributed by atoms with Crippen LogP contribution < -0.4 is 10.2 Å². The molecule has 0 spiro atoms. The molecule has 0 aliphatic carbocycles. The standard InChI is InChI=1S/C17H12Cl2N4O2/c18-11-5-6-16(13(19)7-11)25-10-17(24)23-21-9-12-8-20-14-3-1-2-4-15(14)22-12/h1-9H,10H2,(H,23,24)/b21-9-. The lowest BCUT2D eigenvalue weighted by Crippen LogP contribution is -2.24. The molecule has 126 valence electrons. The highest BCUT2D eigenvalue weighted by molar-refractivity contribution is 6.35. The third-order valence-corrected chi connectivity index (χ3v) is 3.64. The van der Waals surface area contributed by atoms with Gasteiger partial charge in [-0.1, -0.05) is 35.3 Å². The topological polar surface area (TPSA) is 76.5 Å². The second-order valence-electron chi connectivity index (χ2n) is 4.94. The van der Waals surface area contributed by atoms with Gasteiger partial charge in [0.05, 0.1) is 28.5 Å². The van der Waals surface area contributed by atoms with Crippen molar-refractivity contribution in [2.75, 3.05) is 6.61 Å². The largest absolute Gasteiger partial charge is 0.482 e. The van der Waals surface area contributed by atoms with Gasteiger partial charge in [-0.2, -0.15) is 5.10 Å². The SMILES string of the molecule is O=C(COc1ccc(Cl)cc1Cl)N/N=C\c1cnc2ccccc2n1. The molecule has 2 aromatic carbocycles. The summed E-state index contributed by atoms with van der Waals surface area (Å²) in [4.78, 5) is 20.4. The summed E-state index contributed by atoms with van der Waals surface area (Å²) in [6, 6.07) is 12.2. The Labute approximate surface area is 153 Å². The van der Waals surface area contributed by atoms with Crippen LogP contribution in [0.15, 0.2) is 53.8 Å². The van der Waals surface area contributed by atoms with Crippen LogP contribution in [-0.2, 0) is 4.79 Å². The number of rotatable bonds is 5. The zero-order valence-corrected chi connectivity index (χ0v) is 14.3. The van der Waals surface area contributed by atoms with Gasteiger partial charge in [0.2, 0.25) is 0 Å². The zero-order valence-electron chi connectivity index (χ0n) is 12.8. The maximum absolute atomic E-state index is 11.7. The highest BCUT2D eigenvalue weighted by Crippen LogP contribution is 2.27. The first kappa shape index (κ1) is 17.1. The summed E-state index contributed by atoms with van der Waals surface area (Å²) in [6.45, 7) is -0.234. The molecule has 0 bridgehead atoms. The number of nitrogens with one attached hydrogen (secondary N) is 1. The van der Waals surface area contributed by atoms with Crippen molar-refractivity contribution in [1.29, 1.82) is 0 Å². The normalized spacial score (nSPS) is 11.0. The molecule has 0 saturated heterocycles. The van der Waals surface area contributed by atoms with Gasteiger partial charge < -0.3 is 4.74 Å². The van der Waals surface area contributed by atoms with Gasteiger partial charge in [0.25, 0.3) is 5.91 Å². The molecule has 0 saturated carbocycles. The van der Waals surface area contributed by atoms with Gasteiger partial charge >= 0.3 is 0 Å². The Morgan fingerprint density at radius 2 is 2.00 bits per heavy atom. The smallest absolute Gasteiger partial charge is 0.277 e. The summed E-state index contributed by atoms with van der Waals surface area (Å²) in [5.74, 6) is -0.0680.